The Kier molecular flexibility index (Phi) is 5.13. The van der Waals surface area contributed by atoms with Crippen molar-refractivity contribution in [2.24, 2.45) is 5.92 Å². The second kappa shape index (κ2) is 7.28. The van der Waals surface area contributed by atoms with Crippen molar-refractivity contribution >= 4 is 17.2 Å². The predicted octanol–water partition coefficient (Wildman–Crippen LogP) is 3.47. The van der Waals surface area contributed by atoms with Crippen LogP contribution in [0.25, 0.3) is 0 Å². The van der Waals surface area contributed by atoms with Crippen LogP contribution in [0.4, 0.5) is 0 Å². The molecule has 4 heteroatoms. The molecular weight excluding hydrogens is 304 g/mol. The van der Waals surface area contributed by atoms with Gasteiger partial charge in [0, 0.05) is 11.4 Å². The lowest BCUT2D eigenvalue weighted by molar-refractivity contribution is -0.132. The third kappa shape index (κ3) is 3.65. The van der Waals surface area contributed by atoms with E-state index in [-0.39, 0.29) is 11.9 Å². The van der Waals surface area contributed by atoms with Crippen molar-refractivity contribution in [2.75, 3.05) is 19.6 Å². The lowest BCUT2D eigenvalue weighted by atomic mass is 9.93. The van der Waals surface area contributed by atoms with Crippen LogP contribution in [-0.4, -0.2) is 30.4 Å². The van der Waals surface area contributed by atoms with E-state index >= 15 is 0 Å². The summed E-state index contributed by atoms with van der Waals surface area (Å²) in [5.41, 5.74) is 2.49. The van der Waals surface area contributed by atoms with Gasteiger partial charge >= 0.3 is 0 Å². The summed E-state index contributed by atoms with van der Waals surface area (Å²) in [6, 6.07) is 12.6. The predicted molar refractivity (Wildman–Crippen MR) is 95.7 cm³/mol. The van der Waals surface area contributed by atoms with Crippen LogP contribution in [0.2, 0.25) is 0 Å². The first-order valence-corrected chi connectivity index (χ1v) is 9.16. The Bertz CT molecular complexity index is 650. The molecule has 1 aliphatic rings. The molecule has 1 amide bonds. The molecular formula is C19H24N2OS. The number of nitrogens with zero attached hydrogens (tertiary/aromatic N) is 1. The highest BCUT2D eigenvalue weighted by molar-refractivity contribution is 7.10. The first kappa shape index (κ1) is 16.2. The first-order chi connectivity index (χ1) is 11.2. The highest BCUT2D eigenvalue weighted by Crippen LogP contribution is 2.37. The molecule has 3 nitrogen and oxygen atoms in total. The van der Waals surface area contributed by atoms with Crippen molar-refractivity contribution in [1.29, 1.82) is 0 Å². The summed E-state index contributed by atoms with van der Waals surface area (Å²) in [7, 11) is 0. The Morgan fingerprint density at radius 3 is 2.83 bits per heavy atom. The normalized spacial score (nSPS) is 17.3. The number of hydrogen-bond acceptors (Lipinski definition) is 3. The van der Waals surface area contributed by atoms with Crippen molar-refractivity contribution in [1.82, 2.24) is 10.2 Å². The van der Waals surface area contributed by atoms with Crippen LogP contribution in [0.5, 0.6) is 0 Å². The lowest BCUT2D eigenvalue weighted by Crippen LogP contribution is -2.44. The fourth-order valence-electron chi connectivity index (χ4n) is 3.15. The average Bonchev–Trinajstić information content (AvgIpc) is 3.02. The summed E-state index contributed by atoms with van der Waals surface area (Å²) in [6.07, 6.45) is 0.965. The molecule has 2 aromatic rings. The Hall–Kier alpha value is -1.65. The number of thiophene rings is 1. The van der Waals surface area contributed by atoms with Crippen molar-refractivity contribution in [2.45, 2.75) is 26.3 Å². The van der Waals surface area contributed by atoms with E-state index in [0.717, 1.165) is 19.5 Å². The number of rotatable bonds is 5. The maximum atomic E-state index is 12.8. The van der Waals surface area contributed by atoms with Gasteiger partial charge in [0.15, 0.2) is 0 Å². The van der Waals surface area contributed by atoms with Gasteiger partial charge in [-0.1, -0.05) is 44.2 Å². The number of carbonyl (C=O) groups excluding carboxylic acids is 1. The van der Waals surface area contributed by atoms with Crippen LogP contribution in [0.15, 0.2) is 41.8 Å². The topological polar surface area (TPSA) is 32.3 Å². The summed E-state index contributed by atoms with van der Waals surface area (Å²) in [6.45, 7) is 6.40. The third-order valence-corrected chi connectivity index (χ3v) is 5.23. The number of fused-ring (bicyclic) bond motifs is 1. The number of carbonyl (C=O) groups is 1. The van der Waals surface area contributed by atoms with Crippen LogP contribution in [0.1, 0.15) is 35.9 Å². The Labute approximate surface area is 142 Å². The highest BCUT2D eigenvalue weighted by Gasteiger charge is 2.32. The van der Waals surface area contributed by atoms with Crippen molar-refractivity contribution in [3.8, 4) is 0 Å². The van der Waals surface area contributed by atoms with Crippen molar-refractivity contribution in [3.05, 3.63) is 57.8 Å². The average molecular weight is 328 g/mol. The molecule has 0 radical (unpaired) electrons. The number of nitrogens with one attached hydrogen (secondary N) is 1. The zero-order chi connectivity index (χ0) is 16.2. The summed E-state index contributed by atoms with van der Waals surface area (Å²) in [5, 5.41) is 5.43. The Balaban J connectivity index is 1.83. The van der Waals surface area contributed by atoms with E-state index in [1.165, 1.54) is 16.0 Å². The van der Waals surface area contributed by atoms with Gasteiger partial charge in [-0.25, -0.2) is 0 Å². The largest absolute Gasteiger partial charge is 0.330 e. The zero-order valence-electron chi connectivity index (χ0n) is 13.8. The van der Waals surface area contributed by atoms with Gasteiger partial charge < -0.3 is 10.2 Å². The molecule has 122 valence electrons. The van der Waals surface area contributed by atoms with E-state index in [1.807, 2.05) is 11.0 Å². The van der Waals surface area contributed by atoms with Crippen LogP contribution in [0, 0.1) is 5.92 Å². The third-order valence-electron chi connectivity index (χ3n) is 4.23. The quantitative estimate of drug-likeness (QED) is 0.911. The first-order valence-electron chi connectivity index (χ1n) is 8.28. The van der Waals surface area contributed by atoms with E-state index in [4.69, 9.17) is 0 Å². The molecule has 0 bridgehead atoms. The monoisotopic (exact) mass is 328 g/mol. The lowest BCUT2D eigenvalue weighted by Gasteiger charge is -2.36. The Morgan fingerprint density at radius 1 is 1.30 bits per heavy atom. The second-order valence-electron chi connectivity index (χ2n) is 6.47. The molecule has 0 saturated carbocycles. The summed E-state index contributed by atoms with van der Waals surface area (Å²) < 4.78 is 0. The minimum absolute atomic E-state index is 0.0551. The molecule has 0 saturated heterocycles. The minimum Gasteiger partial charge on any atom is -0.330 e. The second-order valence-corrected chi connectivity index (χ2v) is 7.47. The van der Waals surface area contributed by atoms with Crippen LogP contribution in [0.3, 0.4) is 0 Å². The van der Waals surface area contributed by atoms with Crippen LogP contribution >= 0.6 is 11.3 Å². The molecule has 0 aliphatic carbocycles. The van der Waals surface area contributed by atoms with Gasteiger partial charge in [0.05, 0.1) is 12.6 Å². The van der Waals surface area contributed by atoms with E-state index in [1.54, 1.807) is 11.3 Å². The molecule has 23 heavy (non-hydrogen) atoms. The smallest absolute Gasteiger partial charge is 0.237 e. The van der Waals surface area contributed by atoms with Gasteiger partial charge in [-0.2, -0.15) is 0 Å². The molecule has 0 spiro atoms. The molecule has 0 unspecified atom stereocenters. The number of hydrogen-bond donors (Lipinski definition) is 1. The molecule has 0 fully saturated rings. The SMILES string of the molecule is CC(C)CNCC(=O)N1CCc2sccc2[C@H]1c1ccccc1. The Morgan fingerprint density at radius 2 is 2.09 bits per heavy atom. The summed E-state index contributed by atoms with van der Waals surface area (Å²) in [5.74, 6) is 0.744. The van der Waals surface area contributed by atoms with Crippen molar-refractivity contribution < 1.29 is 4.79 Å². The number of benzene rings is 1. The van der Waals surface area contributed by atoms with Gasteiger partial charge in [0.1, 0.15) is 0 Å². The minimum atomic E-state index is 0.0551. The molecule has 1 aromatic heterocycles. The fraction of sp³-hybridized carbons (Fsp3) is 0.421. The van der Waals surface area contributed by atoms with Gasteiger partial charge in [-0.15, -0.1) is 11.3 Å². The molecule has 1 aliphatic heterocycles. The van der Waals surface area contributed by atoms with Gasteiger partial charge in [-0.3, -0.25) is 4.79 Å². The van der Waals surface area contributed by atoms with E-state index in [9.17, 15) is 4.79 Å². The van der Waals surface area contributed by atoms with Crippen molar-refractivity contribution in [3.63, 3.8) is 0 Å². The van der Waals surface area contributed by atoms with Crippen LogP contribution < -0.4 is 5.32 Å². The maximum absolute atomic E-state index is 12.8. The fourth-order valence-corrected chi connectivity index (χ4v) is 4.05. The van der Waals surface area contributed by atoms with E-state index in [0.29, 0.717) is 12.5 Å². The molecule has 1 atom stereocenters. The summed E-state index contributed by atoms with van der Waals surface area (Å²) >= 11 is 1.81. The molecule has 2 heterocycles. The van der Waals surface area contributed by atoms with E-state index < -0.39 is 0 Å². The maximum Gasteiger partial charge on any atom is 0.237 e. The highest BCUT2D eigenvalue weighted by atomic mass is 32.1. The summed E-state index contributed by atoms with van der Waals surface area (Å²) in [4.78, 5) is 16.2. The zero-order valence-corrected chi connectivity index (χ0v) is 14.6. The standard InChI is InChI=1S/C19H24N2OS/c1-14(2)12-20-13-18(22)21-10-8-17-16(9-11-23-17)19(21)15-6-4-3-5-7-15/h3-7,9,11,14,19-20H,8,10,12-13H2,1-2H3/t19-/m1/s1. The number of amides is 1. The van der Waals surface area contributed by atoms with E-state index in [2.05, 4.69) is 54.9 Å². The van der Waals surface area contributed by atoms with Gasteiger partial charge in [-0.05, 0) is 41.5 Å². The molecule has 1 aromatic carbocycles. The molecule has 1 N–H and O–H groups in total. The van der Waals surface area contributed by atoms with Crippen LogP contribution in [-0.2, 0) is 11.2 Å². The molecule has 3 rings (SSSR count). The van der Waals surface area contributed by atoms with Gasteiger partial charge in [0.2, 0.25) is 5.91 Å². The van der Waals surface area contributed by atoms with Gasteiger partial charge in [0.25, 0.3) is 0 Å².